The lowest BCUT2D eigenvalue weighted by molar-refractivity contribution is -0.125. The summed E-state index contributed by atoms with van der Waals surface area (Å²) < 4.78 is 0. The Hall–Kier alpha value is -5.52. The van der Waals surface area contributed by atoms with E-state index in [1.54, 1.807) is 0 Å². The van der Waals surface area contributed by atoms with Crippen LogP contribution >= 0.6 is 0 Å². The maximum Gasteiger partial charge on any atom is 0.223 e. The van der Waals surface area contributed by atoms with Gasteiger partial charge >= 0.3 is 0 Å². The third-order valence-electron chi connectivity index (χ3n) is 9.85. The van der Waals surface area contributed by atoms with Gasteiger partial charge in [0.1, 0.15) is 8.07 Å². The number of amides is 2. The SMILES string of the molecule is O=C(NCc1ccccc1)C(Cc1ccccc1)C[Si](C[C@@H](Cc1ccccc1)C(=O)NCc1ccccc1)(c1ccccc1)c1ccccc1. The van der Waals surface area contributed by atoms with Crippen molar-refractivity contribution in [2.24, 2.45) is 11.8 Å². The number of carbonyl (C=O) groups is 2. The number of benzene rings is 6. The zero-order valence-corrected chi connectivity index (χ0v) is 30.0. The van der Waals surface area contributed by atoms with E-state index in [0.29, 0.717) is 38.0 Å². The van der Waals surface area contributed by atoms with Crippen molar-refractivity contribution in [3.63, 3.8) is 0 Å². The number of carbonyl (C=O) groups excluding carboxylic acids is 2. The molecule has 6 rings (SSSR count). The molecule has 0 aromatic heterocycles. The molecule has 2 atom stereocenters. The molecule has 0 bridgehead atoms. The minimum atomic E-state index is -2.85. The van der Waals surface area contributed by atoms with Crippen molar-refractivity contribution >= 4 is 30.3 Å². The fourth-order valence-corrected chi connectivity index (χ4v) is 12.7. The topological polar surface area (TPSA) is 58.2 Å². The highest BCUT2D eigenvalue weighted by Crippen LogP contribution is 2.30. The van der Waals surface area contributed by atoms with Gasteiger partial charge in [-0.25, -0.2) is 0 Å². The molecule has 2 amide bonds. The molecule has 4 nitrogen and oxygen atoms in total. The highest BCUT2D eigenvalue weighted by molar-refractivity contribution is 7.02. The van der Waals surface area contributed by atoms with E-state index >= 15 is 0 Å². The van der Waals surface area contributed by atoms with E-state index in [-0.39, 0.29) is 23.7 Å². The summed E-state index contributed by atoms with van der Waals surface area (Å²) >= 11 is 0. The fourth-order valence-electron chi connectivity index (χ4n) is 7.25. The first-order chi connectivity index (χ1) is 25.1. The lowest BCUT2D eigenvalue weighted by atomic mass is 9.99. The zero-order chi connectivity index (χ0) is 35.1. The summed E-state index contributed by atoms with van der Waals surface area (Å²) in [4.78, 5) is 28.9. The molecule has 0 aliphatic heterocycles. The van der Waals surface area contributed by atoms with Gasteiger partial charge < -0.3 is 10.6 Å². The first kappa shape index (κ1) is 35.3. The van der Waals surface area contributed by atoms with Gasteiger partial charge in [0.05, 0.1) is 0 Å². The number of rotatable bonds is 16. The van der Waals surface area contributed by atoms with Crippen LogP contribution in [0.15, 0.2) is 182 Å². The van der Waals surface area contributed by atoms with Gasteiger partial charge in [-0.1, -0.05) is 192 Å². The van der Waals surface area contributed by atoms with Crippen molar-refractivity contribution in [3.05, 3.63) is 204 Å². The number of hydrogen-bond donors (Lipinski definition) is 2. The second-order valence-electron chi connectivity index (χ2n) is 13.4. The third-order valence-corrected chi connectivity index (χ3v) is 15.1. The summed E-state index contributed by atoms with van der Waals surface area (Å²) in [5.41, 5.74) is 4.39. The lowest BCUT2D eigenvalue weighted by Crippen LogP contribution is -2.62. The Bertz CT molecular complexity index is 1780. The maximum atomic E-state index is 14.5. The van der Waals surface area contributed by atoms with Crippen LogP contribution in [0.2, 0.25) is 12.1 Å². The lowest BCUT2D eigenvalue weighted by Gasteiger charge is -2.38. The van der Waals surface area contributed by atoms with Gasteiger partial charge in [0, 0.05) is 24.9 Å². The first-order valence-electron chi connectivity index (χ1n) is 17.9. The van der Waals surface area contributed by atoms with Crippen LogP contribution in [0.3, 0.4) is 0 Å². The van der Waals surface area contributed by atoms with Crippen LogP contribution in [0.5, 0.6) is 0 Å². The van der Waals surface area contributed by atoms with E-state index in [2.05, 4.69) is 95.6 Å². The predicted molar refractivity (Wildman–Crippen MR) is 211 cm³/mol. The van der Waals surface area contributed by atoms with Crippen molar-refractivity contribution in [2.75, 3.05) is 0 Å². The quantitative estimate of drug-likeness (QED) is 0.103. The fraction of sp³-hybridized carbons (Fsp3) is 0.174. The Balaban J connectivity index is 1.42. The average Bonchev–Trinajstić information content (AvgIpc) is 3.20. The Morgan fingerprint density at radius 3 is 0.980 bits per heavy atom. The van der Waals surface area contributed by atoms with Crippen LogP contribution in [0.1, 0.15) is 22.3 Å². The van der Waals surface area contributed by atoms with Crippen molar-refractivity contribution in [3.8, 4) is 0 Å². The van der Waals surface area contributed by atoms with Gasteiger partial charge in [-0.3, -0.25) is 9.59 Å². The summed E-state index contributed by atoms with van der Waals surface area (Å²) in [6, 6.07) is 63.5. The second-order valence-corrected chi connectivity index (χ2v) is 17.5. The molecule has 6 aromatic rings. The Morgan fingerprint density at radius 2 is 0.667 bits per heavy atom. The standard InChI is InChI=1S/C46H46N2O2Si/c49-45(47-33-39-23-11-3-12-24-39)41(31-37-19-7-1-8-20-37)35-51(43-27-15-5-16-28-43,44-29-17-6-18-30-44)36-42(32-38-21-9-2-10-22-38)46(50)48-34-40-25-13-4-14-26-40/h1-30,41-42H,31-36H2,(H,47,49)(H,48,50)/t41-,42?/m1/s1. The van der Waals surface area contributed by atoms with E-state index in [4.69, 9.17) is 0 Å². The van der Waals surface area contributed by atoms with Gasteiger partial charge in [0.25, 0.3) is 0 Å². The zero-order valence-electron chi connectivity index (χ0n) is 29.0. The highest BCUT2D eigenvalue weighted by Gasteiger charge is 2.44. The van der Waals surface area contributed by atoms with Crippen LogP contribution in [0.25, 0.3) is 0 Å². The van der Waals surface area contributed by atoms with Crippen LogP contribution in [0, 0.1) is 11.8 Å². The minimum Gasteiger partial charge on any atom is -0.352 e. The second kappa shape index (κ2) is 17.9. The van der Waals surface area contributed by atoms with E-state index in [1.165, 1.54) is 10.4 Å². The van der Waals surface area contributed by atoms with Gasteiger partial charge in [-0.05, 0) is 47.2 Å². The number of nitrogens with one attached hydrogen (secondary N) is 2. The van der Waals surface area contributed by atoms with E-state index in [0.717, 1.165) is 22.3 Å². The molecule has 0 saturated heterocycles. The Labute approximate surface area is 303 Å². The third kappa shape index (κ3) is 9.80. The maximum absolute atomic E-state index is 14.5. The molecule has 0 heterocycles. The molecular formula is C46H46N2O2Si. The monoisotopic (exact) mass is 686 g/mol. The van der Waals surface area contributed by atoms with E-state index in [9.17, 15) is 9.59 Å². The molecule has 5 heteroatoms. The molecule has 2 N–H and O–H groups in total. The van der Waals surface area contributed by atoms with Gasteiger partial charge in [0.15, 0.2) is 0 Å². The molecule has 0 aliphatic rings. The van der Waals surface area contributed by atoms with Crippen LogP contribution < -0.4 is 21.0 Å². The Morgan fingerprint density at radius 1 is 0.392 bits per heavy atom. The predicted octanol–water partition coefficient (Wildman–Crippen LogP) is 7.60. The van der Waals surface area contributed by atoms with Gasteiger partial charge in [-0.2, -0.15) is 0 Å². The molecule has 0 radical (unpaired) electrons. The molecular weight excluding hydrogens is 641 g/mol. The summed E-state index contributed by atoms with van der Waals surface area (Å²) in [6.07, 6.45) is 1.22. The molecule has 51 heavy (non-hydrogen) atoms. The summed E-state index contributed by atoms with van der Waals surface area (Å²) in [5, 5.41) is 9.08. The number of hydrogen-bond acceptors (Lipinski definition) is 2. The summed E-state index contributed by atoms with van der Waals surface area (Å²) in [7, 11) is -2.85. The normalized spacial score (nSPS) is 12.4. The smallest absolute Gasteiger partial charge is 0.223 e. The van der Waals surface area contributed by atoms with Gasteiger partial charge in [0.2, 0.25) is 11.8 Å². The molecule has 6 aromatic carbocycles. The van der Waals surface area contributed by atoms with Crippen molar-refractivity contribution < 1.29 is 9.59 Å². The summed E-state index contributed by atoms with van der Waals surface area (Å²) in [5.74, 6) is -0.542. The highest BCUT2D eigenvalue weighted by atomic mass is 28.3. The van der Waals surface area contributed by atoms with Crippen molar-refractivity contribution in [1.82, 2.24) is 10.6 Å². The van der Waals surface area contributed by atoms with Crippen molar-refractivity contribution in [2.45, 2.75) is 38.0 Å². The first-order valence-corrected chi connectivity index (χ1v) is 20.3. The van der Waals surface area contributed by atoms with Crippen LogP contribution in [-0.4, -0.2) is 19.9 Å². The molecule has 0 saturated carbocycles. The summed E-state index contributed by atoms with van der Waals surface area (Å²) in [6.45, 7) is 0.934. The molecule has 0 spiro atoms. The van der Waals surface area contributed by atoms with Crippen LogP contribution in [-0.2, 0) is 35.5 Å². The van der Waals surface area contributed by atoms with Gasteiger partial charge in [-0.15, -0.1) is 0 Å². The largest absolute Gasteiger partial charge is 0.352 e. The molecule has 1 unspecified atom stereocenters. The molecule has 256 valence electrons. The average molecular weight is 687 g/mol. The van der Waals surface area contributed by atoms with E-state index in [1.807, 2.05) is 97.1 Å². The van der Waals surface area contributed by atoms with Crippen molar-refractivity contribution in [1.29, 1.82) is 0 Å². The molecule has 0 aliphatic carbocycles. The Kier molecular flexibility index (Phi) is 12.4. The van der Waals surface area contributed by atoms with Crippen LogP contribution in [0.4, 0.5) is 0 Å². The molecule has 0 fully saturated rings. The minimum absolute atomic E-state index is 0.0413. The van der Waals surface area contributed by atoms with E-state index < -0.39 is 8.07 Å².